The number of hydrogen-bond acceptors (Lipinski definition) is 6. The highest BCUT2D eigenvalue weighted by Crippen LogP contribution is 2.20. The molecule has 1 amide bonds. The molecular weight excluding hydrogens is 464 g/mol. The largest absolute Gasteiger partial charge is 0.452 e. The van der Waals surface area contributed by atoms with Gasteiger partial charge in [0.2, 0.25) is 10.0 Å². The Kier molecular flexibility index (Phi) is 7.01. The number of amides is 1. The molecule has 2 aromatic rings. The molecule has 0 saturated carbocycles. The van der Waals surface area contributed by atoms with Crippen molar-refractivity contribution in [2.75, 3.05) is 38.2 Å². The Bertz CT molecular complexity index is 988. The molecule has 1 heterocycles. The maximum atomic E-state index is 12.7. The molecule has 1 N–H and O–H groups in total. The fraction of sp³-hybridized carbons (Fsp3) is 0.263. The van der Waals surface area contributed by atoms with Gasteiger partial charge in [0.15, 0.2) is 6.61 Å². The summed E-state index contributed by atoms with van der Waals surface area (Å²) < 4.78 is 37.7. The molecule has 0 aliphatic carbocycles. The van der Waals surface area contributed by atoms with Crippen LogP contribution in [-0.4, -0.2) is 57.5 Å². The Balaban J connectivity index is 1.60. The van der Waals surface area contributed by atoms with Crippen LogP contribution >= 0.6 is 15.9 Å². The van der Waals surface area contributed by atoms with Crippen molar-refractivity contribution in [1.82, 2.24) is 4.31 Å². The van der Waals surface area contributed by atoms with Gasteiger partial charge in [-0.25, -0.2) is 13.2 Å². The Hall–Kier alpha value is -2.27. The number of carbonyl (C=O) groups is 2. The lowest BCUT2D eigenvalue weighted by Gasteiger charge is -2.26. The molecule has 0 unspecified atom stereocenters. The summed E-state index contributed by atoms with van der Waals surface area (Å²) in [5.74, 6) is -1.20. The van der Waals surface area contributed by atoms with E-state index in [0.717, 1.165) is 4.47 Å². The number of sulfonamides is 1. The molecule has 0 bridgehead atoms. The lowest BCUT2D eigenvalue weighted by atomic mass is 10.2. The van der Waals surface area contributed by atoms with Crippen molar-refractivity contribution in [2.24, 2.45) is 0 Å². The predicted octanol–water partition coefficient (Wildman–Crippen LogP) is 2.27. The van der Waals surface area contributed by atoms with Crippen LogP contribution in [0.2, 0.25) is 0 Å². The van der Waals surface area contributed by atoms with E-state index in [1.165, 1.54) is 22.5 Å². The maximum Gasteiger partial charge on any atom is 0.338 e. The van der Waals surface area contributed by atoms with E-state index in [9.17, 15) is 18.0 Å². The zero-order valence-electron chi connectivity index (χ0n) is 15.3. The number of nitrogens with one attached hydrogen (secondary N) is 1. The summed E-state index contributed by atoms with van der Waals surface area (Å²) in [4.78, 5) is 24.1. The zero-order chi connectivity index (χ0) is 20.9. The second-order valence-electron chi connectivity index (χ2n) is 6.18. The quantitative estimate of drug-likeness (QED) is 0.633. The molecule has 29 heavy (non-hydrogen) atoms. The van der Waals surface area contributed by atoms with Crippen LogP contribution in [0.15, 0.2) is 57.9 Å². The molecule has 3 rings (SSSR count). The van der Waals surface area contributed by atoms with Gasteiger partial charge in [0.25, 0.3) is 5.91 Å². The SMILES string of the molecule is O=C(COC(=O)c1ccc(Br)cc1)Nc1cccc(S(=O)(=O)N2CCOCC2)c1. The van der Waals surface area contributed by atoms with Gasteiger partial charge >= 0.3 is 5.97 Å². The molecule has 1 aliphatic heterocycles. The highest BCUT2D eigenvalue weighted by atomic mass is 79.9. The first-order valence-corrected chi connectivity index (χ1v) is 11.0. The standard InChI is InChI=1S/C19H19BrN2O6S/c20-15-6-4-14(5-7-15)19(24)28-13-18(23)21-16-2-1-3-17(12-16)29(25,26)22-8-10-27-11-9-22/h1-7,12H,8-11,13H2,(H,21,23). The predicted molar refractivity (Wildman–Crippen MR) is 109 cm³/mol. The third-order valence-electron chi connectivity index (χ3n) is 4.14. The summed E-state index contributed by atoms with van der Waals surface area (Å²) in [7, 11) is -3.67. The second-order valence-corrected chi connectivity index (χ2v) is 9.03. The number of esters is 1. The molecular formula is C19H19BrN2O6S. The van der Waals surface area contributed by atoms with Crippen LogP contribution in [0.1, 0.15) is 10.4 Å². The second kappa shape index (κ2) is 9.49. The summed E-state index contributed by atoms with van der Waals surface area (Å²) >= 11 is 3.27. The smallest absolute Gasteiger partial charge is 0.338 e. The topological polar surface area (TPSA) is 102 Å². The molecule has 1 aliphatic rings. The van der Waals surface area contributed by atoms with E-state index in [2.05, 4.69) is 21.2 Å². The Morgan fingerprint density at radius 1 is 1.10 bits per heavy atom. The number of ether oxygens (including phenoxy) is 2. The lowest BCUT2D eigenvalue weighted by Crippen LogP contribution is -2.40. The number of hydrogen-bond donors (Lipinski definition) is 1. The molecule has 1 fully saturated rings. The van der Waals surface area contributed by atoms with Crippen LogP contribution in [0.25, 0.3) is 0 Å². The molecule has 8 nitrogen and oxygen atoms in total. The number of anilines is 1. The third-order valence-corrected chi connectivity index (χ3v) is 6.56. The molecule has 1 saturated heterocycles. The van der Waals surface area contributed by atoms with Crippen LogP contribution < -0.4 is 5.32 Å². The minimum Gasteiger partial charge on any atom is -0.452 e. The van der Waals surface area contributed by atoms with E-state index in [0.29, 0.717) is 24.5 Å². The zero-order valence-corrected chi connectivity index (χ0v) is 17.7. The van der Waals surface area contributed by atoms with Crippen molar-refractivity contribution in [3.05, 3.63) is 58.6 Å². The third kappa shape index (κ3) is 5.63. The van der Waals surface area contributed by atoms with E-state index < -0.39 is 28.5 Å². The Labute approximate surface area is 177 Å². The van der Waals surface area contributed by atoms with Gasteiger partial charge in [-0.3, -0.25) is 4.79 Å². The van der Waals surface area contributed by atoms with Crippen LogP contribution in [0.3, 0.4) is 0 Å². The van der Waals surface area contributed by atoms with Gasteiger partial charge in [-0.2, -0.15) is 4.31 Å². The molecule has 0 radical (unpaired) electrons. The highest BCUT2D eigenvalue weighted by Gasteiger charge is 2.26. The van der Waals surface area contributed by atoms with Crippen molar-refractivity contribution in [3.8, 4) is 0 Å². The first-order chi connectivity index (χ1) is 13.9. The summed E-state index contributed by atoms with van der Waals surface area (Å²) in [6.45, 7) is 0.768. The van der Waals surface area contributed by atoms with E-state index in [1.807, 2.05) is 0 Å². The average molecular weight is 483 g/mol. The highest BCUT2D eigenvalue weighted by molar-refractivity contribution is 9.10. The van der Waals surface area contributed by atoms with Gasteiger partial charge in [-0.1, -0.05) is 22.0 Å². The number of carbonyl (C=O) groups excluding carboxylic acids is 2. The molecule has 154 valence electrons. The summed E-state index contributed by atoms with van der Waals surface area (Å²) in [5, 5.41) is 2.54. The van der Waals surface area contributed by atoms with Gasteiger partial charge in [-0.15, -0.1) is 0 Å². The van der Waals surface area contributed by atoms with Crippen molar-refractivity contribution >= 4 is 43.5 Å². The normalized spacial score (nSPS) is 14.9. The van der Waals surface area contributed by atoms with Crippen molar-refractivity contribution in [2.45, 2.75) is 4.90 Å². The van der Waals surface area contributed by atoms with Gasteiger partial charge in [-0.05, 0) is 42.5 Å². The van der Waals surface area contributed by atoms with Crippen LogP contribution in [0.4, 0.5) is 5.69 Å². The lowest BCUT2D eigenvalue weighted by molar-refractivity contribution is -0.119. The Morgan fingerprint density at radius 2 is 1.79 bits per heavy atom. The molecule has 2 aromatic carbocycles. The average Bonchev–Trinajstić information content (AvgIpc) is 2.73. The van der Waals surface area contributed by atoms with Gasteiger partial charge in [0.05, 0.1) is 23.7 Å². The van der Waals surface area contributed by atoms with E-state index >= 15 is 0 Å². The number of rotatable bonds is 6. The van der Waals surface area contributed by atoms with Crippen molar-refractivity contribution in [1.29, 1.82) is 0 Å². The summed E-state index contributed by atoms with van der Waals surface area (Å²) in [6.07, 6.45) is 0. The molecule has 10 heteroatoms. The number of nitrogens with zero attached hydrogens (tertiary/aromatic N) is 1. The van der Waals surface area contributed by atoms with Crippen molar-refractivity contribution < 1.29 is 27.5 Å². The van der Waals surface area contributed by atoms with Crippen molar-refractivity contribution in [3.63, 3.8) is 0 Å². The number of morpholine rings is 1. The first-order valence-electron chi connectivity index (χ1n) is 8.77. The van der Waals surface area contributed by atoms with Gasteiger partial charge in [0.1, 0.15) is 0 Å². The van der Waals surface area contributed by atoms with E-state index in [1.54, 1.807) is 30.3 Å². The van der Waals surface area contributed by atoms with Crippen LogP contribution in [0, 0.1) is 0 Å². The van der Waals surface area contributed by atoms with Gasteiger partial charge in [0, 0.05) is 23.2 Å². The first kappa shape index (κ1) is 21.4. The van der Waals surface area contributed by atoms with Crippen LogP contribution in [0.5, 0.6) is 0 Å². The minimum absolute atomic E-state index is 0.0732. The van der Waals surface area contributed by atoms with Gasteiger partial charge < -0.3 is 14.8 Å². The summed E-state index contributed by atoms with van der Waals surface area (Å²) in [6, 6.07) is 12.5. The molecule has 0 aromatic heterocycles. The fourth-order valence-electron chi connectivity index (χ4n) is 2.67. The minimum atomic E-state index is -3.67. The fourth-order valence-corrected chi connectivity index (χ4v) is 4.39. The summed E-state index contributed by atoms with van der Waals surface area (Å²) in [5.41, 5.74) is 0.614. The van der Waals surface area contributed by atoms with Crippen LogP contribution in [-0.2, 0) is 24.3 Å². The molecule has 0 atom stereocenters. The Morgan fingerprint density at radius 3 is 2.48 bits per heavy atom. The number of benzene rings is 2. The van der Waals surface area contributed by atoms with E-state index in [4.69, 9.17) is 9.47 Å². The van der Waals surface area contributed by atoms with E-state index in [-0.39, 0.29) is 18.0 Å². The monoisotopic (exact) mass is 482 g/mol. The maximum absolute atomic E-state index is 12.7. The number of halogens is 1. The molecule has 0 spiro atoms.